The third-order valence-electron chi connectivity index (χ3n) is 2.32. The van der Waals surface area contributed by atoms with Crippen LogP contribution in [0, 0.1) is 13.8 Å². The van der Waals surface area contributed by atoms with Gasteiger partial charge in [0, 0.05) is 18.9 Å². The molecule has 2 rings (SSSR count). The van der Waals surface area contributed by atoms with Crippen LogP contribution in [-0.4, -0.2) is 21.3 Å². The highest BCUT2D eigenvalue weighted by Gasteiger charge is 1.95. The number of anilines is 1. The van der Waals surface area contributed by atoms with E-state index in [1.54, 1.807) is 0 Å². The lowest BCUT2D eigenvalue weighted by Gasteiger charge is -2.05. The molecular weight excluding hydrogens is 200 g/mol. The fourth-order valence-corrected chi connectivity index (χ4v) is 1.46. The second-order valence-electron chi connectivity index (χ2n) is 3.93. The van der Waals surface area contributed by atoms with E-state index in [1.807, 2.05) is 49.3 Å². The normalized spacial score (nSPS) is 10.4. The van der Waals surface area contributed by atoms with Crippen LogP contribution < -0.4 is 5.32 Å². The van der Waals surface area contributed by atoms with Gasteiger partial charge < -0.3 is 5.32 Å². The molecule has 0 aromatic carbocycles. The van der Waals surface area contributed by atoms with Gasteiger partial charge >= 0.3 is 0 Å². The first-order valence-electron chi connectivity index (χ1n) is 5.39. The third kappa shape index (κ3) is 2.82. The number of nitrogens with zero attached hydrogens (tertiary/aromatic N) is 3. The average Bonchev–Trinajstić information content (AvgIpc) is 2.67. The molecule has 0 amide bonds. The van der Waals surface area contributed by atoms with Crippen LogP contribution in [0.1, 0.15) is 11.1 Å². The molecule has 0 saturated carbocycles. The number of aryl methyl sites for hydroxylation is 2. The smallest absolute Gasteiger partial charge is 0.125 e. The molecule has 2 aromatic rings. The minimum absolute atomic E-state index is 0.831. The van der Waals surface area contributed by atoms with Gasteiger partial charge in [0.1, 0.15) is 5.82 Å². The first kappa shape index (κ1) is 10.7. The third-order valence-corrected chi connectivity index (χ3v) is 2.32. The minimum Gasteiger partial charge on any atom is -0.368 e. The van der Waals surface area contributed by atoms with Crippen molar-refractivity contribution in [1.29, 1.82) is 0 Å². The molecule has 0 aliphatic carbocycles. The summed E-state index contributed by atoms with van der Waals surface area (Å²) < 4.78 is 1.93. The fraction of sp³-hybridized carbons (Fsp3) is 0.333. The number of hydrogen-bond acceptors (Lipinski definition) is 3. The van der Waals surface area contributed by atoms with Crippen LogP contribution >= 0.6 is 0 Å². The van der Waals surface area contributed by atoms with Gasteiger partial charge in [0.25, 0.3) is 0 Å². The zero-order chi connectivity index (χ0) is 11.4. The molecule has 2 heterocycles. The van der Waals surface area contributed by atoms with Gasteiger partial charge in [-0.3, -0.25) is 4.68 Å². The van der Waals surface area contributed by atoms with E-state index in [2.05, 4.69) is 15.4 Å². The van der Waals surface area contributed by atoms with Crippen LogP contribution in [-0.2, 0) is 6.54 Å². The quantitative estimate of drug-likeness (QED) is 0.850. The Bertz CT molecular complexity index is 444. The van der Waals surface area contributed by atoms with Crippen LogP contribution in [0.4, 0.5) is 5.82 Å². The van der Waals surface area contributed by atoms with Crippen LogP contribution in [0.15, 0.2) is 30.7 Å². The number of pyridine rings is 1. The van der Waals surface area contributed by atoms with Gasteiger partial charge in [0.2, 0.25) is 0 Å². The summed E-state index contributed by atoms with van der Waals surface area (Å²) in [6, 6.07) is 4.04. The molecule has 0 aliphatic heterocycles. The lowest BCUT2D eigenvalue weighted by Crippen LogP contribution is -2.11. The van der Waals surface area contributed by atoms with Crippen LogP contribution in [0.25, 0.3) is 0 Å². The predicted octanol–water partition coefficient (Wildman–Crippen LogP) is 2.01. The molecule has 0 radical (unpaired) electrons. The first-order chi connectivity index (χ1) is 7.74. The summed E-state index contributed by atoms with van der Waals surface area (Å²) in [4.78, 5) is 4.27. The van der Waals surface area contributed by atoms with Crippen molar-refractivity contribution in [2.75, 3.05) is 11.9 Å². The van der Waals surface area contributed by atoms with Crippen molar-refractivity contribution in [3.63, 3.8) is 0 Å². The second kappa shape index (κ2) is 4.79. The zero-order valence-electron chi connectivity index (χ0n) is 9.64. The van der Waals surface area contributed by atoms with Crippen LogP contribution in [0.3, 0.4) is 0 Å². The van der Waals surface area contributed by atoms with Gasteiger partial charge in [-0.15, -0.1) is 0 Å². The molecule has 0 aliphatic rings. The summed E-state index contributed by atoms with van der Waals surface area (Å²) in [6.45, 7) is 5.75. The summed E-state index contributed by atoms with van der Waals surface area (Å²) in [6.07, 6.45) is 5.76. The Morgan fingerprint density at radius 1 is 1.19 bits per heavy atom. The molecule has 0 bridgehead atoms. The van der Waals surface area contributed by atoms with Crippen molar-refractivity contribution in [2.45, 2.75) is 20.4 Å². The molecule has 4 nitrogen and oxygen atoms in total. The maximum atomic E-state index is 4.27. The number of nitrogens with one attached hydrogen (secondary N) is 1. The number of aromatic nitrogens is 3. The summed E-state index contributed by atoms with van der Waals surface area (Å²) >= 11 is 0. The maximum Gasteiger partial charge on any atom is 0.125 e. The lowest BCUT2D eigenvalue weighted by molar-refractivity contribution is 0.636. The topological polar surface area (TPSA) is 42.7 Å². The molecule has 0 atom stereocenters. The summed E-state index contributed by atoms with van der Waals surface area (Å²) in [5.41, 5.74) is 2.36. The first-order valence-corrected chi connectivity index (χ1v) is 5.39. The lowest BCUT2D eigenvalue weighted by atomic mass is 10.3. The Morgan fingerprint density at radius 3 is 2.69 bits per heavy atom. The molecular formula is C12H16N4. The van der Waals surface area contributed by atoms with E-state index < -0.39 is 0 Å². The highest BCUT2D eigenvalue weighted by atomic mass is 15.3. The maximum absolute atomic E-state index is 4.27. The Hall–Kier alpha value is -1.84. The molecule has 84 valence electrons. The Kier molecular flexibility index (Phi) is 3.19. The van der Waals surface area contributed by atoms with E-state index in [-0.39, 0.29) is 0 Å². The Morgan fingerprint density at radius 2 is 2.06 bits per heavy atom. The number of hydrogen-bond donors (Lipinski definition) is 1. The predicted molar refractivity (Wildman–Crippen MR) is 64.4 cm³/mol. The van der Waals surface area contributed by atoms with E-state index in [9.17, 15) is 0 Å². The second-order valence-corrected chi connectivity index (χ2v) is 3.93. The van der Waals surface area contributed by atoms with Crippen LogP contribution in [0.5, 0.6) is 0 Å². The van der Waals surface area contributed by atoms with Gasteiger partial charge in [0.15, 0.2) is 0 Å². The van der Waals surface area contributed by atoms with Crippen molar-refractivity contribution in [3.8, 4) is 0 Å². The van der Waals surface area contributed by atoms with Gasteiger partial charge in [-0.25, -0.2) is 4.98 Å². The van der Waals surface area contributed by atoms with E-state index in [4.69, 9.17) is 0 Å². The van der Waals surface area contributed by atoms with E-state index in [1.165, 1.54) is 11.1 Å². The summed E-state index contributed by atoms with van der Waals surface area (Å²) in [7, 11) is 0. The number of rotatable bonds is 4. The molecule has 2 aromatic heterocycles. The van der Waals surface area contributed by atoms with E-state index >= 15 is 0 Å². The Labute approximate surface area is 95.3 Å². The molecule has 0 fully saturated rings. The summed E-state index contributed by atoms with van der Waals surface area (Å²) in [5.74, 6) is 0.912. The molecule has 0 saturated heterocycles. The highest BCUT2D eigenvalue weighted by Crippen LogP contribution is 2.03. The van der Waals surface area contributed by atoms with Crippen molar-refractivity contribution in [1.82, 2.24) is 14.8 Å². The SMILES string of the molecule is Cc1ccc(NCCn2cc(C)cn2)nc1. The molecule has 0 unspecified atom stereocenters. The fourth-order valence-electron chi connectivity index (χ4n) is 1.46. The molecule has 1 N–H and O–H groups in total. The molecule has 16 heavy (non-hydrogen) atoms. The van der Waals surface area contributed by atoms with Gasteiger partial charge in [-0.05, 0) is 31.0 Å². The van der Waals surface area contributed by atoms with Gasteiger partial charge in [-0.1, -0.05) is 6.07 Å². The zero-order valence-corrected chi connectivity index (χ0v) is 9.64. The van der Waals surface area contributed by atoms with Crippen LogP contribution in [0.2, 0.25) is 0 Å². The molecule has 4 heteroatoms. The van der Waals surface area contributed by atoms with Crippen molar-refractivity contribution < 1.29 is 0 Å². The Balaban J connectivity index is 1.82. The van der Waals surface area contributed by atoms with Crippen molar-refractivity contribution in [2.24, 2.45) is 0 Å². The largest absolute Gasteiger partial charge is 0.368 e. The van der Waals surface area contributed by atoms with Gasteiger partial charge in [0.05, 0.1) is 12.7 Å². The van der Waals surface area contributed by atoms with Gasteiger partial charge in [-0.2, -0.15) is 5.10 Å². The van der Waals surface area contributed by atoms with E-state index in [0.717, 1.165) is 18.9 Å². The highest BCUT2D eigenvalue weighted by molar-refractivity contribution is 5.34. The van der Waals surface area contributed by atoms with Crippen molar-refractivity contribution >= 4 is 5.82 Å². The summed E-state index contributed by atoms with van der Waals surface area (Å²) in [5, 5.41) is 7.47. The minimum atomic E-state index is 0.831. The van der Waals surface area contributed by atoms with E-state index in [0.29, 0.717) is 0 Å². The monoisotopic (exact) mass is 216 g/mol. The molecule has 0 spiro atoms. The van der Waals surface area contributed by atoms with Crippen molar-refractivity contribution in [3.05, 3.63) is 41.9 Å². The standard InChI is InChI=1S/C12H16N4/c1-10-3-4-12(14-7-10)13-5-6-16-9-11(2)8-15-16/h3-4,7-9H,5-6H2,1-2H3,(H,13,14). The average molecular weight is 216 g/mol.